The van der Waals surface area contributed by atoms with Gasteiger partial charge < -0.3 is 14.7 Å². The predicted octanol–water partition coefficient (Wildman–Crippen LogP) is 1.24. The summed E-state index contributed by atoms with van der Waals surface area (Å²) < 4.78 is 6.78. The Morgan fingerprint density at radius 1 is 1.50 bits per heavy atom. The predicted molar refractivity (Wildman–Crippen MR) is 79.6 cm³/mol. The van der Waals surface area contributed by atoms with E-state index < -0.39 is 11.5 Å². The Morgan fingerprint density at radius 3 is 2.82 bits per heavy atom. The van der Waals surface area contributed by atoms with Crippen molar-refractivity contribution in [2.45, 2.75) is 38.8 Å². The van der Waals surface area contributed by atoms with Gasteiger partial charge in [-0.05, 0) is 18.8 Å². The van der Waals surface area contributed by atoms with Crippen molar-refractivity contribution in [3.05, 3.63) is 18.0 Å². The second kappa shape index (κ2) is 6.48. The second-order valence-corrected chi connectivity index (χ2v) is 6.17. The molecule has 1 amide bonds. The average Bonchev–Trinajstić information content (AvgIpc) is 3.05. The van der Waals surface area contributed by atoms with Gasteiger partial charge in [0.05, 0.1) is 18.4 Å². The molecule has 1 aromatic rings. The molecule has 1 aliphatic rings. The van der Waals surface area contributed by atoms with Crippen LogP contribution < -0.4 is 0 Å². The van der Waals surface area contributed by atoms with Gasteiger partial charge in [-0.15, -0.1) is 0 Å². The van der Waals surface area contributed by atoms with Crippen molar-refractivity contribution in [2.24, 2.45) is 5.92 Å². The second-order valence-electron chi connectivity index (χ2n) is 6.17. The number of amides is 1. The van der Waals surface area contributed by atoms with E-state index in [9.17, 15) is 14.7 Å². The lowest BCUT2D eigenvalue weighted by Crippen LogP contribution is -2.56. The third kappa shape index (κ3) is 2.99. The number of hydrogen-bond acceptors (Lipinski definition) is 4. The molecule has 1 atom stereocenters. The van der Waals surface area contributed by atoms with Crippen molar-refractivity contribution in [3.63, 3.8) is 0 Å². The highest BCUT2D eigenvalue weighted by atomic mass is 16.5. The van der Waals surface area contributed by atoms with Crippen LogP contribution in [-0.4, -0.2) is 57.5 Å². The summed E-state index contributed by atoms with van der Waals surface area (Å²) in [4.78, 5) is 25.8. The molecule has 122 valence electrons. The van der Waals surface area contributed by atoms with E-state index >= 15 is 0 Å². The fourth-order valence-electron chi connectivity index (χ4n) is 2.95. The van der Waals surface area contributed by atoms with Gasteiger partial charge in [-0.25, -0.2) is 4.79 Å². The minimum absolute atomic E-state index is 0.00575. The van der Waals surface area contributed by atoms with Crippen LogP contribution >= 0.6 is 0 Å². The summed E-state index contributed by atoms with van der Waals surface area (Å²) in [6.45, 7) is 5.27. The number of nitrogens with zero attached hydrogens (tertiary/aromatic N) is 3. The van der Waals surface area contributed by atoms with Crippen LogP contribution in [0.25, 0.3) is 0 Å². The fraction of sp³-hybridized carbons (Fsp3) is 0.667. The van der Waals surface area contributed by atoms with Crippen LogP contribution in [0.5, 0.6) is 0 Å². The van der Waals surface area contributed by atoms with Crippen LogP contribution in [0, 0.1) is 5.92 Å². The molecule has 22 heavy (non-hydrogen) atoms. The van der Waals surface area contributed by atoms with E-state index in [0.717, 1.165) is 6.54 Å². The Bertz CT molecular complexity index is 555. The van der Waals surface area contributed by atoms with Gasteiger partial charge >= 0.3 is 5.97 Å². The van der Waals surface area contributed by atoms with Crippen molar-refractivity contribution in [1.82, 2.24) is 14.7 Å². The van der Waals surface area contributed by atoms with Crippen LogP contribution in [0.2, 0.25) is 0 Å². The number of aromatic nitrogens is 2. The highest BCUT2D eigenvalue weighted by Gasteiger charge is 2.50. The standard InChI is InChI=1S/C15H23N3O4/c1-11(2)8-17-9-12(7-16-17)13(19)18-6-4-5-15(18,10-22-3)14(20)21/h7,9,11H,4-6,8,10H2,1-3H3,(H,20,21). The smallest absolute Gasteiger partial charge is 0.332 e. The molecule has 0 aromatic carbocycles. The lowest BCUT2D eigenvalue weighted by Gasteiger charge is -2.33. The summed E-state index contributed by atoms with van der Waals surface area (Å²) in [6.07, 6.45) is 4.24. The van der Waals surface area contributed by atoms with Crippen LogP contribution in [-0.2, 0) is 16.1 Å². The zero-order valence-electron chi connectivity index (χ0n) is 13.3. The summed E-state index contributed by atoms with van der Waals surface area (Å²) in [5.41, 5.74) is -0.851. The van der Waals surface area contributed by atoms with Gasteiger partial charge in [-0.3, -0.25) is 9.48 Å². The molecule has 1 unspecified atom stereocenters. The first-order chi connectivity index (χ1) is 10.4. The number of carbonyl (C=O) groups excluding carboxylic acids is 1. The molecule has 0 bridgehead atoms. The molecular formula is C15H23N3O4. The molecule has 0 spiro atoms. The molecule has 7 heteroatoms. The van der Waals surface area contributed by atoms with Crippen LogP contribution in [0.4, 0.5) is 0 Å². The van der Waals surface area contributed by atoms with E-state index in [2.05, 4.69) is 18.9 Å². The van der Waals surface area contributed by atoms with Crippen molar-refractivity contribution in [1.29, 1.82) is 0 Å². The lowest BCUT2D eigenvalue weighted by atomic mass is 9.97. The summed E-state index contributed by atoms with van der Waals surface area (Å²) in [5.74, 6) is -0.900. The number of methoxy groups -OCH3 is 1. The Balaban J connectivity index is 2.23. The average molecular weight is 309 g/mol. The van der Waals surface area contributed by atoms with Crippen molar-refractivity contribution in [3.8, 4) is 0 Å². The van der Waals surface area contributed by atoms with Gasteiger partial charge in [-0.1, -0.05) is 13.8 Å². The van der Waals surface area contributed by atoms with Crippen LogP contribution in [0.3, 0.4) is 0 Å². The van der Waals surface area contributed by atoms with Crippen molar-refractivity contribution < 1.29 is 19.4 Å². The summed E-state index contributed by atoms with van der Waals surface area (Å²) in [5, 5.41) is 13.8. The summed E-state index contributed by atoms with van der Waals surface area (Å²) >= 11 is 0. The molecule has 0 radical (unpaired) electrons. The number of ether oxygens (including phenoxy) is 1. The molecular weight excluding hydrogens is 286 g/mol. The molecule has 1 saturated heterocycles. The van der Waals surface area contributed by atoms with Gasteiger partial charge in [0.15, 0.2) is 5.54 Å². The monoisotopic (exact) mass is 309 g/mol. The zero-order chi connectivity index (χ0) is 16.3. The molecule has 0 aliphatic carbocycles. The minimum atomic E-state index is -1.27. The molecule has 2 rings (SSSR count). The Kier molecular flexibility index (Phi) is 4.85. The van der Waals surface area contributed by atoms with Gasteiger partial charge in [0, 0.05) is 26.4 Å². The Morgan fingerprint density at radius 2 is 2.23 bits per heavy atom. The molecule has 1 fully saturated rings. The van der Waals surface area contributed by atoms with E-state index in [0.29, 0.717) is 30.9 Å². The third-order valence-corrected chi connectivity index (χ3v) is 3.95. The first kappa shape index (κ1) is 16.5. The van der Waals surface area contributed by atoms with Gasteiger partial charge in [0.25, 0.3) is 5.91 Å². The first-order valence-electron chi connectivity index (χ1n) is 7.47. The number of hydrogen-bond donors (Lipinski definition) is 1. The SMILES string of the molecule is COCC1(C(=O)O)CCCN1C(=O)c1cnn(CC(C)C)c1. The van der Waals surface area contributed by atoms with Gasteiger partial charge in [-0.2, -0.15) is 5.10 Å². The fourth-order valence-corrected chi connectivity index (χ4v) is 2.95. The van der Waals surface area contributed by atoms with Crippen molar-refractivity contribution >= 4 is 11.9 Å². The van der Waals surface area contributed by atoms with E-state index in [-0.39, 0.29) is 12.5 Å². The molecule has 1 aliphatic heterocycles. The number of aliphatic carboxylic acids is 1. The molecule has 2 heterocycles. The summed E-state index contributed by atoms with van der Waals surface area (Å²) in [7, 11) is 1.45. The Hall–Kier alpha value is -1.89. The van der Waals surface area contributed by atoms with Crippen molar-refractivity contribution in [2.75, 3.05) is 20.3 Å². The number of rotatable bonds is 6. The number of carboxylic acid groups (broad SMARTS) is 1. The topological polar surface area (TPSA) is 84.7 Å². The number of carbonyl (C=O) groups is 2. The third-order valence-electron chi connectivity index (χ3n) is 3.95. The largest absolute Gasteiger partial charge is 0.479 e. The quantitative estimate of drug-likeness (QED) is 0.854. The van der Waals surface area contributed by atoms with Crippen LogP contribution in [0.15, 0.2) is 12.4 Å². The van der Waals surface area contributed by atoms with Crippen LogP contribution in [0.1, 0.15) is 37.0 Å². The Labute approximate surface area is 129 Å². The maximum atomic E-state index is 12.7. The molecule has 1 N–H and O–H groups in total. The highest BCUT2D eigenvalue weighted by Crippen LogP contribution is 2.31. The first-order valence-corrected chi connectivity index (χ1v) is 7.47. The lowest BCUT2D eigenvalue weighted by molar-refractivity contribution is -0.151. The normalized spacial score (nSPS) is 21.5. The van der Waals surface area contributed by atoms with Gasteiger partial charge in [0.1, 0.15) is 0 Å². The molecule has 0 saturated carbocycles. The summed E-state index contributed by atoms with van der Waals surface area (Å²) in [6, 6.07) is 0. The number of likely N-dealkylation sites (tertiary alicyclic amines) is 1. The van der Waals surface area contributed by atoms with E-state index in [1.807, 2.05) is 0 Å². The zero-order valence-corrected chi connectivity index (χ0v) is 13.3. The number of carboxylic acids is 1. The van der Waals surface area contributed by atoms with Gasteiger partial charge in [0.2, 0.25) is 0 Å². The minimum Gasteiger partial charge on any atom is -0.479 e. The highest BCUT2D eigenvalue weighted by molar-refractivity contribution is 5.98. The molecule has 7 nitrogen and oxygen atoms in total. The van der Waals surface area contributed by atoms with E-state index in [1.54, 1.807) is 10.9 Å². The maximum Gasteiger partial charge on any atom is 0.332 e. The van der Waals surface area contributed by atoms with E-state index in [1.165, 1.54) is 18.2 Å². The maximum absolute atomic E-state index is 12.7. The molecule has 1 aromatic heterocycles. The van der Waals surface area contributed by atoms with E-state index in [4.69, 9.17) is 4.74 Å².